The van der Waals surface area contributed by atoms with E-state index in [-0.39, 0.29) is 0 Å². The minimum atomic E-state index is 0.811. The van der Waals surface area contributed by atoms with E-state index < -0.39 is 0 Å². The summed E-state index contributed by atoms with van der Waals surface area (Å²) in [5.74, 6) is 0.811. The van der Waals surface area contributed by atoms with Crippen molar-refractivity contribution in [3.63, 3.8) is 0 Å². The molecule has 2 rings (SSSR count). The van der Waals surface area contributed by atoms with E-state index in [1.54, 1.807) is 5.57 Å². The zero-order valence-electron chi connectivity index (χ0n) is 10.6. The molecule has 1 atom stereocenters. The fraction of sp³-hybridized carbons (Fsp3) is 0.533. The molecule has 1 unspecified atom stereocenters. The van der Waals surface area contributed by atoms with E-state index in [4.69, 9.17) is 0 Å². The minimum absolute atomic E-state index is 0.811. The summed E-state index contributed by atoms with van der Waals surface area (Å²) in [7, 11) is 0. The highest BCUT2D eigenvalue weighted by Gasteiger charge is 2.12. The SMILES string of the molecule is CCC(C)CC1=Cc2cnc(C)cc2CC1. The standard InChI is InChI=1S/C15H21N/c1-4-11(2)7-13-5-6-14-8-12(3)16-10-15(14)9-13/h8-11H,4-7H2,1-3H3. The number of aryl methyl sites for hydroxylation is 2. The summed E-state index contributed by atoms with van der Waals surface area (Å²) in [6, 6.07) is 2.23. The van der Waals surface area contributed by atoms with Gasteiger partial charge in [-0.1, -0.05) is 31.9 Å². The van der Waals surface area contributed by atoms with E-state index in [9.17, 15) is 0 Å². The van der Waals surface area contributed by atoms with Crippen LogP contribution >= 0.6 is 0 Å². The summed E-state index contributed by atoms with van der Waals surface area (Å²) in [6.45, 7) is 6.68. The van der Waals surface area contributed by atoms with Crippen LogP contribution in [0.5, 0.6) is 0 Å². The second-order valence-corrected chi connectivity index (χ2v) is 5.04. The zero-order valence-corrected chi connectivity index (χ0v) is 10.6. The van der Waals surface area contributed by atoms with Crippen molar-refractivity contribution in [2.24, 2.45) is 5.92 Å². The summed E-state index contributed by atoms with van der Waals surface area (Å²) >= 11 is 0. The number of rotatable bonds is 3. The Balaban J connectivity index is 2.18. The van der Waals surface area contributed by atoms with E-state index in [1.807, 2.05) is 6.20 Å². The zero-order chi connectivity index (χ0) is 11.5. The van der Waals surface area contributed by atoms with Gasteiger partial charge in [0.05, 0.1) is 0 Å². The van der Waals surface area contributed by atoms with Crippen LogP contribution in [0.25, 0.3) is 6.08 Å². The first-order valence-corrected chi connectivity index (χ1v) is 6.34. The first-order chi connectivity index (χ1) is 7.69. The molecule has 16 heavy (non-hydrogen) atoms. The molecule has 0 N–H and O–H groups in total. The molecule has 1 heterocycles. The predicted octanol–water partition coefficient (Wildman–Crippen LogP) is 4.16. The Kier molecular flexibility index (Phi) is 3.42. The fourth-order valence-corrected chi connectivity index (χ4v) is 2.31. The van der Waals surface area contributed by atoms with Crippen LogP contribution in [-0.2, 0) is 6.42 Å². The van der Waals surface area contributed by atoms with Gasteiger partial charge in [-0.2, -0.15) is 0 Å². The predicted molar refractivity (Wildman–Crippen MR) is 69.3 cm³/mol. The molecule has 1 aromatic rings. The molecule has 1 aromatic heterocycles. The number of aromatic nitrogens is 1. The van der Waals surface area contributed by atoms with Gasteiger partial charge in [0.2, 0.25) is 0 Å². The quantitative estimate of drug-likeness (QED) is 0.738. The molecule has 0 saturated heterocycles. The second-order valence-electron chi connectivity index (χ2n) is 5.04. The number of pyridine rings is 1. The Morgan fingerprint density at radius 1 is 1.38 bits per heavy atom. The number of hydrogen-bond acceptors (Lipinski definition) is 1. The molecule has 0 bridgehead atoms. The van der Waals surface area contributed by atoms with Crippen molar-refractivity contribution in [1.29, 1.82) is 0 Å². The maximum atomic E-state index is 4.38. The second kappa shape index (κ2) is 4.82. The average Bonchev–Trinajstić information content (AvgIpc) is 2.29. The molecule has 1 heteroatoms. The molecule has 0 saturated carbocycles. The molecule has 0 fully saturated rings. The summed E-state index contributed by atoms with van der Waals surface area (Å²) in [6.07, 6.45) is 9.35. The molecule has 1 aliphatic carbocycles. The van der Waals surface area contributed by atoms with Gasteiger partial charge in [0, 0.05) is 11.9 Å². The number of fused-ring (bicyclic) bond motifs is 1. The van der Waals surface area contributed by atoms with Crippen LogP contribution in [0.1, 0.15) is 49.9 Å². The van der Waals surface area contributed by atoms with Crippen LogP contribution in [0.3, 0.4) is 0 Å². The van der Waals surface area contributed by atoms with E-state index in [2.05, 4.69) is 37.9 Å². The van der Waals surface area contributed by atoms with Crippen LogP contribution in [0.15, 0.2) is 17.8 Å². The van der Waals surface area contributed by atoms with Crippen molar-refractivity contribution in [2.45, 2.75) is 46.5 Å². The molecular weight excluding hydrogens is 194 g/mol. The van der Waals surface area contributed by atoms with Crippen molar-refractivity contribution in [1.82, 2.24) is 4.98 Å². The monoisotopic (exact) mass is 215 g/mol. The molecule has 0 spiro atoms. The van der Waals surface area contributed by atoms with Gasteiger partial charge >= 0.3 is 0 Å². The molecule has 0 aliphatic heterocycles. The van der Waals surface area contributed by atoms with Crippen LogP contribution < -0.4 is 0 Å². The van der Waals surface area contributed by atoms with Crippen LogP contribution in [0, 0.1) is 12.8 Å². The third-order valence-electron chi connectivity index (χ3n) is 3.54. The molecule has 1 nitrogen and oxygen atoms in total. The third kappa shape index (κ3) is 2.52. The largest absolute Gasteiger partial charge is 0.261 e. The van der Waals surface area contributed by atoms with E-state index in [1.165, 1.54) is 36.8 Å². The normalized spacial score (nSPS) is 16.6. The summed E-state index contributed by atoms with van der Waals surface area (Å²) in [4.78, 5) is 4.38. The van der Waals surface area contributed by atoms with Gasteiger partial charge in [-0.05, 0) is 49.3 Å². The van der Waals surface area contributed by atoms with Gasteiger partial charge in [-0.25, -0.2) is 0 Å². The molecule has 0 radical (unpaired) electrons. The summed E-state index contributed by atoms with van der Waals surface area (Å²) < 4.78 is 0. The first kappa shape index (κ1) is 11.4. The van der Waals surface area contributed by atoms with Gasteiger partial charge in [0.25, 0.3) is 0 Å². The smallest absolute Gasteiger partial charge is 0.0375 e. The van der Waals surface area contributed by atoms with Crippen LogP contribution in [-0.4, -0.2) is 4.98 Å². The van der Waals surface area contributed by atoms with Gasteiger partial charge in [-0.15, -0.1) is 0 Å². The maximum absolute atomic E-state index is 4.38. The lowest BCUT2D eigenvalue weighted by atomic mass is 9.88. The summed E-state index contributed by atoms with van der Waals surface area (Å²) in [5, 5.41) is 0. The van der Waals surface area contributed by atoms with E-state index in [0.717, 1.165) is 11.6 Å². The van der Waals surface area contributed by atoms with Gasteiger partial charge in [-0.3, -0.25) is 4.98 Å². The van der Waals surface area contributed by atoms with Crippen LogP contribution in [0.4, 0.5) is 0 Å². The average molecular weight is 215 g/mol. The highest BCUT2D eigenvalue weighted by molar-refractivity contribution is 5.58. The van der Waals surface area contributed by atoms with Gasteiger partial charge in [0.15, 0.2) is 0 Å². The highest BCUT2D eigenvalue weighted by Crippen LogP contribution is 2.28. The van der Waals surface area contributed by atoms with Crippen molar-refractivity contribution >= 4 is 6.08 Å². The Bertz CT molecular complexity index is 404. The molecule has 0 aromatic carbocycles. The number of allylic oxidation sites excluding steroid dienone is 1. The van der Waals surface area contributed by atoms with E-state index >= 15 is 0 Å². The lowest BCUT2D eigenvalue weighted by Gasteiger charge is -2.18. The fourth-order valence-electron chi connectivity index (χ4n) is 2.31. The van der Waals surface area contributed by atoms with Crippen molar-refractivity contribution in [3.05, 3.63) is 34.7 Å². The summed E-state index contributed by atoms with van der Waals surface area (Å²) in [5.41, 5.74) is 5.56. The molecule has 86 valence electrons. The lowest BCUT2D eigenvalue weighted by molar-refractivity contribution is 0.547. The molecular formula is C15H21N. The highest BCUT2D eigenvalue weighted by atomic mass is 14.7. The van der Waals surface area contributed by atoms with E-state index in [0.29, 0.717) is 0 Å². The minimum Gasteiger partial charge on any atom is -0.261 e. The van der Waals surface area contributed by atoms with Crippen molar-refractivity contribution in [2.75, 3.05) is 0 Å². The Morgan fingerprint density at radius 3 is 2.94 bits per heavy atom. The lowest BCUT2D eigenvalue weighted by Crippen LogP contribution is -2.04. The topological polar surface area (TPSA) is 12.9 Å². The third-order valence-corrected chi connectivity index (χ3v) is 3.54. The van der Waals surface area contributed by atoms with Gasteiger partial charge < -0.3 is 0 Å². The van der Waals surface area contributed by atoms with Crippen LogP contribution in [0.2, 0.25) is 0 Å². The molecule has 1 aliphatic rings. The van der Waals surface area contributed by atoms with Crippen molar-refractivity contribution in [3.8, 4) is 0 Å². The first-order valence-electron chi connectivity index (χ1n) is 6.34. The molecule has 0 amide bonds. The number of hydrogen-bond donors (Lipinski definition) is 0. The Hall–Kier alpha value is -1.11. The van der Waals surface area contributed by atoms with Crippen molar-refractivity contribution < 1.29 is 0 Å². The van der Waals surface area contributed by atoms with Gasteiger partial charge in [0.1, 0.15) is 0 Å². The Labute approximate surface area is 98.6 Å². The number of nitrogens with zero attached hydrogens (tertiary/aromatic N) is 1. The Morgan fingerprint density at radius 2 is 2.19 bits per heavy atom. The maximum Gasteiger partial charge on any atom is 0.0375 e.